The van der Waals surface area contributed by atoms with Crippen molar-refractivity contribution >= 4 is 27.7 Å². The molecule has 2 rings (SSSR count). The van der Waals surface area contributed by atoms with E-state index in [-0.39, 0.29) is 11.3 Å². The van der Waals surface area contributed by atoms with Gasteiger partial charge in [-0.2, -0.15) is 0 Å². The van der Waals surface area contributed by atoms with Gasteiger partial charge in [-0.25, -0.2) is 0 Å². The topological polar surface area (TPSA) is 56.7 Å². The summed E-state index contributed by atoms with van der Waals surface area (Å²) in [7, 11) is 1.93. The highest BCUT2D eigenvalue weighted by Gasteiger charge is 2.20. The first kappa shape index (κ1) is 13.6. The summed E-state index contributed by atoms with van der Waals surface area (Å²) in [6, 6.07) is 8.26. The van der Waals surface area contributed by atoms with Crippen LogP contribution in [0.3, 0.4) is 0 Å². The number of halogens is 1. The third-order valence-corrected chi connectivity index (χ3v) is 4.64. The van der Waals surface area contributed by atoms with Crippen LogP contribution in [0.15, 0.2) is 40.2 Å². The summed E-state index contributed by atoms with van der Waals surface area (Å²) in [4.78, 5) is 0. The number of nitrogens with two attached hydrogens (primary N) is 1. The van der Waals surface area contributed by atoms with Crippen LogP contribution in [0.2, 0.25) is 0 Å². The Morgan fingerprint density at radius 1 is 1.33 bits per heavy atom. The molecule has 4 nitrogen and oxygen atoms in total. The van der Waals surface area contributed by atoms with Gasteiger partial charge in [-0.15, -0.1) is 10.2 Å². The molecule has 1 aromatic heterocycles. The fourth-order valence-electron chi connectivity index (χ4n) is 1.62. The first-order valence-electron chi connectivity index (χ1n) is 5.59. The highest BCUT2D eigenvalue weighted by atomic mass is 79.9. The van der Waals surface area contributed by atoms with Crippen LogP contribution in [-0.4, -0.2) is 20.8 Å². The van der Waals surface area contributed by atoms with Crippen LogP contribution in [0.5, 0.6) is 0 Å². The van der Waals surface area contributed by atoms with E-state index in [1.807, 2.05) is 30.7 Å². The van der Waals surface area contributed by atoms with E-state index in [0.717, 1.165) is 9.63 Å². The number of thioether (sulfide) groups is 1. The molecule has 0 spiro atoms. The molecule has 2 atom stereocenters. The molecule has 0 aliphatic rings. The van der Waals surface area contributed by atoms with E-state index in [4.69, 9.17) is 5.73 Å². The highest BCUT2D eigenvalue weighted by Crippen LogP contribution is 2.36. The second kappa shape index (κ2) is 5.86. The molecule has 0 aliphatic carbocycles. The molecule has 0 aliphatic heterocycles. The van der Waals surface area contributed by atoms with Crippen molar-refractivity contribution in [1.82, 2.24) is 14.8 Å². The molecule has 2 aromatic rings. The molecular formula is C12H15BrN4S. The lowest BCUT2D eigenvalue weighted by atomic mass is 10.1. The smallest absolute Gasteiger partial charge is 0.191 e. The van der Waals surface area contributed by atoms with Gasteiger partial charge >= 0.3 is 0 Å². The Morgan fingerprint density at radius 3 is 2.50 bits per heavy atom. The van der Waals surface area contributed by atoms with Gasteiger partial charge in [-0.05, 0) is 24.6 Å². The lowest BCUT2D eigenvalue weighted by Crippen LogP contribution is -2.22. The third-order valence-electron chi connectivity index (χ3n) is 2.58. The summed E-state index contributed by atoms with van der Waals surface area (Å²) >= 11 is 5.08. The van der Waals surface area contributed by atoms with Crippen LogP contribution < -0.4 is 5.73 Å². The van der Waals surface area contributed by atoms with Crippen LogP contribution >= 0.6 is 27.7 Å². The maximum Gasteiger partial charge on any atom is 0.191 e. The molecular weight excluding hydrogens is 312 g/mol. The van der Waals surface area contributed by atoms with Crippen LogP contribution in [-0.2, 0) is 7.05 Å². The van der Waals surface area contributed by atoms with Crippen LogP contribution in [0, 0.1) is 0 Å². The van der Waals surface area contributed by atoms with Crippen LogP contribution in [0.1, 0.15) is 17.7 Å². The summed E-state index contributed by atoms with van der Waals surface area (Å²) in [6.07, 6.45) is 1.70. The van der Waals surface area contributed by atoms with Crippen molar-refractivity contribution in [3.8, 4) is 0 Å². The van der Waals surface area contributed by atoms with Crippen LogP contribution in [0.4, 0.5) is 0 Å². The average molecular weight is 327 g/mol. The van der Waals surface area contributed by atoms with Gasteiger partial charge in [-0.3, -0.25) is 0 Å². The predicted molar refractivity (Wildman–Crippen MR) is 77.4 cm³/mol. The van der Waals surface area contributed by atoms with Gasteiger partial charge in [0, 0.05) is 17.6 Å². The van der Waals surface area contributed by atoms with E-state index in [1.165, 1.54) is 5.56 Å². The van der Waals surface area contributed by atoms with E-state index in [2.05, 4.69) is 38.3 Å². The van der Waals surface area contributed by atoms with Crippen molar-refractivity contribution in [3.05, 3.63) is 40.6 Å². The SMILES string of the molecule is CC(N)C(Sc1nncn1C)c1ccc(Br)cc1. The molecule has 18 heavy (non-hydrogen) atoms. The van der Waals surface area contributed by atoms with Crippen molar-refractivity contribution in [2.75, 3.05) is 0 Å². The monoisotopic (exact) mass is 326 g/mol. The zero-order valence-electron chi connectivity index (χ0n) is 10.2. The van der Waals surface area contributed by atoms with E-state index >= 15 is 0 Å². The van der Waals surface area contributed by atoms with Gasteiger partial charge in [0.05, 0.1) is 5.25 Å². The van der Waals surface area contributed by atoms with Crippen LogP contribution in [0.25, 0.3) is 0 Å². The van der Waals surface area contributed by atoms with Gasteiger partial charge in [0.1, 0.15) is 6.33 Å². The average Bonchev–Trinajstić information content (AvgIpc) is 2.73. The Morgan fingerprint density at radius 2 is 2.00 bits per heavy atom. The van der Waals surface area contributed by atoms with E-state index < -0.39 is 0 Å². The minimum absolute atomic E-state index is 0.0351. The van der Waals surface area contributed by atoms with Crippen molar-refractivity contribution in [2.24, 2.45) is 12.8 Å². The lowest BCUT2D eigenvalue weighted by Gasteiger charge is -2.20. The third kappa shape index (κ3) is 3.13. The van der Waals surface area contributed by atoms with E-state index in [1.54, 1.807) is 18.1 Å². The molecule has 96 valence electrons. The Bertz CT molecular complexity index is 509. The highest BCUT2D eigenvalue weighted by molar-refractivity contribution is 9.10. The summed E-state index contributed by atoms with van der Waals surface area (Å²) in [5, 5.41) is 9.02. The summed E-state index contributed by atoms with van der Waals surface area (Å²) < 4.78 is 2.97. The standard InChI is InChI=1S/C12H15BrN4S/c1-8(14)11(9-3-5-10(13)6-4-9)18-12-16-15-7-17(12)2/h3-8,11H,14H2,1-2H3. The zero-order chi connectivity index (χ0) is 13.1. The number of aryl methyl sites for hydroxylation is 1. The molecule has 0 saturated carbocycles. The second-order valence-electron chi connectivity index (χ2n) is 4.17. The maximum atomic E-state index is 6.08. The number of nitrogens with zero attached hydrogens (tertiary/aromatic N) is 3. The Labute approximate surface area is 119 Å². The quantitative estimate of drug-likeness (QED) is 0.878. The van der Waals surface area contributed by atoms with Gasteiger partial charge in [0.15, 0.2) is 5.16 Å². The summed E-state index contributed by atoms with van der Waals surface area (Å²) in [5.41, 5.74) is 7.28. The fourth-order valence-corrected chi connectivity index (χ4v) is 2.93. The molecule has 0 radical (unpaired) electrons. The van der Waals surface area contributed by atoms with Crippen molar-refractivity contribution in [1.29, 1.82) is 0 Å². The normalized spacial score (nSPS) is 14.4. The van der Waals surface area contributed by atoms with Crippen molar-refractivity contribution in [2.45, 2.75) is 23.4 Å². The molecule has 0 saturated heterocycles. The van der Waals surface area contributed by atoms with E-state index in [0.29, 0.717) is 0 Å². The van der Waals surface area contributed by atoms with Gasteiger partial charge in [0.25, 0.3) is 0 Å². The summed E-state index contributed by atoms with van der Waals surface area (Å²) in [6.45, 7) is 2.01. The largest absolute Gasteiger partial charge is 0.327 e. The number of aromatic nitrogens is 3. The molecule has 6 heteroatoms. The number of rotatable bonds is 4. The Hall–Kier alpha value is -0.850. The molecule has 1 aromatic carbocycles. The van der Waals surface area contributed by atoms with Gasteiger partial charge < -0.3 is 10.3 Å². The molecule has 0 fully saturated rings. The molecule has 0 amide bonds. The zero-order valence-corrected chi connectivity index (χ0v) is 12.6. The van der Waals surface area contributed by atoms with Gasteiger partial charge in [-0.1, -0.05) is 39.8 Å². The summed E-state index contributed by atoms with van der Waals surface area (Å²) in [5.74, 6) is 0. The predicted octanol–water partition coefficient (Wildman–Crippen LogP) is 2.76. The van der Waals surface area contributed by atoms with Crippen molar-refractivity contribution in [3.63, 3.8) is 0 Å². The maximum absolute atomic E-state index is 6.08. The lowest BCUT2D eigenvalue weighted by molar-refractivity contribution is 0.709. The van der Waals surface area contributed by atoms with E-state index in [9.17, 15) is 0 Å². The molecule has 2 N–H and O–H groups in total. The molecule has 2 unspecified atom stereocenters. The number of benzene rings is 1. The number of hydrogen-bond donors (Lipinski definition) is 1. The first-order valence-corrected chi connectivity index (χ1v) is 7.27. The Balaban J connectivity index is 2.24. The second-order valence-corrected chi connectivity index (χ2v) is 6.20. The Kier molecular flexibility index (Phi) is 4.42. The molecule has 0 bridgehead atoms. The van der Waals surface area contributed by atoms with Crippen molar-refractivity contribution < 1.29 is 0 Å². The minimum Gasteiger partial charge on any atom is -0.327 e. The molecule has 1 heterocycles. The first-order chi connectivity index (χ1) is 8.58. The fraction of sp³-hybridized carbons (Fsp3) is 0.333. The minimum atomic E-state index is 0.0351. The van der Waals surface area contributed by atoms with Gasteiger partial charge in [0.2, 0.25) is 0 Å². The number of hydrogen-bond acceptors (Lipinski definition) is 4.